The molecule has 2 aromatic rings. The summed E-state index contributed by atoms with van der Waals surface area (Å²) < 4.78 is 8.29. The average molecular weight is 322 g/mol. The van der Waals surface area contributed by atoms with Crippen LogP contribution in [0.5, 0.6) is 5.75 Å². The van der Waals surface area contributed by atoms with Crippen molar-refractivity contribution in [3.8, 4) is 17.0 Å². The van der Waals surface area contributed by atoms with Gasteiger partial charge in [0.25, 0.3) is 0 Å². The van der Waals surface area contributed by atoms with Gasteiger partial charge in [0.15, 0.2) is 4.73 Å². The molecule has 0 radical (unpaired) electrons. The largest absolute Gasteiger partial charge is 0.497 e. The lowest BCUT2D eigenvalue weighted by molar-refractivity contribution is 0.415. The van der Waals surface area contributed by atoms with E-state index >= 15 is 0 Å². The first-order valence-corrected chi connectivity index (χ1v) is 7.13. The SMILES string of the molecule is COc1ccc(-c2nc(Br)n3c2CC(N)CC3)cc1. The number of hydrogen-bond donors (Lipinski definition) is 1. The minimum absolute atomic E-state index is 0.230. The number of imidazole rings is 1. The summed E-state index contributed by atoms with van der Waals surface area (Å²) in [5.41, 5.74) is 9.41. The van der Waals surface area contributed by atoms with Gasteiger partial charge in [0.1, 0.15) is 5.75 Å². The van der Waals surface area contributed by atoms with Crippen LogP contribution in [0.3, 0.4) is 0 Å². The number of rotatable bonds is 2. The molecule has 0 saturated carbocycles. The maximum atomic E-state index is 6.08. The first-order valence-electron chi connectivity index (χ1n) is 6.34. The molecular formula is C14H16BrN3O. The molecule has 100 valence electrons. The van der Waals surface area contributed by atoms with Gasteiger partial charge >= 0.3 is 0 Å². The van der Waals surface area contributed by atoms with Gasteiger partial charge in [0.05, 0.1) is 12.8 Å². The highest BCUT2D eigenvalue weighted by atomic mass is 79.9. The van der Waals surface area contributed by atoms with E-state index in [9.17, 15) is 0 Å². The molecule has 2 N–H and O–H groups in total. The standard InChI is InChI=1S/C14H16BrN3O/c1-19-11-4-2-9(3-5-11)13-12-8-10(16)6-7-18(12)14(15)17-13/h2-5,10H,6-8,16H2,1H3. The van der Waals surface area contributed by atoms with Crippen molar-refractivity contribution in [1.82, 2.24) is 9.55 Å². The van der Waals surface area contributed by atoms with E-state index in [2.05, 4.69) is 25.5 Å². The summed E-state index contributed by atoms with van der Waals surface area (Å²) in [5.74, 6) is 0.854. The predicted molar refractivity (Wildman–Crippen MR) is 78.2 cm³/mol. The fourth-order valence-electron chi connectivity index (χ4n) is 2.52. The van der Waals surface area contributed by atoms with Crippen molar-refractivity contribution < 1.29 is 4.74 Å². The molecule has 2 heterocycles. The van der Waals surface area contributed by atoms with Crippen LogP contribution in [0.25, 0.3) is 11.3 Å². The van der Waals surface area contributed by atoms with Gasteiger partial charge in [0, 0.05) is 30.3 Å². The molecule has 19 heavy (non-hydrogen) atoms. The lowest BCUT2D eigenvalue weighted by Gasteiger charge is -2.21. The van der Waals surface area contributed by atoms with Crippen LogP contribution in [-0.4, -0.2) is 22.7 Å². The molecule has 0 fully saturated rings. The van der Waals surface area contributed by atoms with Crippen molar-refractivity contribution in [2.75, 3.05) is 7.11 Å². The molecule has 3 rings (SSSR count). The number of halogens is 1. The lowest BCUT2D eigenvalue weighted by Crippen LogP contribution is -2.30. The molecule has 1 aliphatic rings. The normalized spacial score (nSPS) is 18.2. The van der Waals surface area contributed by atoms with E-state index < -0.39 is 0 Å². The van der Waals surface area contributed by atoms with Crippen LogP contribution < -0.4 is 10.5 Å². The van der Waals surface area contributed by atoms with Crippen molar-refractivity contribution in [1.29, 1.82) is 0 Å². The molecule has 5 heteroatoms. The van der Waals surface area contributed by atoms with Crippen molar-refractivity contribution in [2.45, 2.75) is 25.4 Å². The minimum Gasteiger partial charge on any atom is -0.497 e. The lowest BCUT2D eigenvalue weighted by atomic mass is 10.0. The Bertz CT molecular complexity index is 591. The number of benzene rings is 1. The van der Waals surface area contributed by atoms with E-state index in [1.54, 1.807) is 7.11 Å². The van der Waals surface area contributed by atoms with Crippen LogP contribution in [0, 0.1) is 0 Å². The Morgan fingerprint density at radius 2 is 2.11 bits per heavy atom. The number of aromatic nitrogens is 2. The maximum absolute atomic E-state index is 6.08. The number of nitrogens with two attached hydrogens (primary N) is 1. The van der Waals surface area contributed by atoms with Crippen LogP contribution in [0.2, 0.25) is 0 Å². The van der Waals surface area contributed by atoms with Gasteiger partial charge in [0.2, 0.25) is 0 Å². The molecule has 1 aromatic heterocycles. The van der Waals surface area contributed by atoms with Gasteiger partial charge in [-0.2, -0.15) is 0 Å². The average Bonchev–Trinajstić information content (AvgIpc) is 2.75. The zero-order valence-electron chi connectivity index (χ0n) is 10.8. The smallest absolute Gasteiger partial charge is 0.177 e. The Kier molecular flexibility index (Phi) is 3.33. The molecule has 0 saturated heterocycles. The molecule has 1 aromatic carbocycles. The van der Waals surface area contributed by atoms with E-state index in [0.29, 0.717) is 0 Å². The molecule has 1 atom stereocenters. The summed E-state index contributed by atoms with van der Waals surface area (Å²) in [6.45, 7) is 0.931. The topological polar surface area (TPSA) is 53.1 Å². The highest BCUT2D eigenvalue weighted by Gasteiger charge is 2.23. The van der Waals surface area contributed by atoms with Gasteiger partial charge in [-0.1, -0.05) is 0 Å². The van der Waals surface area contributed by atoms with E-state index in [1.165, 1.54) is 5.69 Å². The summed E-state index contributed by atoms with van der Waals surface area (Å²) in [6, 6.07) is 8.21. The third-order valence-corrected chi connectivity index (χ3v) is 4.17. The van der Waals surface area contributed by atoms with Crippen molar-refractivity contribution in [2.24, 2.45) is 5.73 Å². The third-order valence-electron chi connectivity index (χ3n) is 3.57. The number of methoxy groups -OCH3 is 1. The highest BCUT2D eigenvalue weighted by Crippen LogP contribution is 2.31. The summed E-state index contributed by atoms with van der Waals surface area (Å²) in [7, 11) is 1.67. The summed E-state index contributed by atoms with van der Waals surface area (Å²) in [4.78, 5) is 4.64. The summed E-state index contributed by atoms with van der Waals surface area (Å²) in [6.07, 6.45) is 1.88. The Hall–Kier alpha value is -1.33. The Labute approximate surface area is 120 Å². The number of hydrogen-bond acceptors (Lipinski definition) is 3. The van der Waals surface area contributed by atoms with Crippen molar-refractivity contribution in [3.05, 3.63) is 34.7 Å². The highest BCUT2D eigenvalue weighted by molar-refractivity contribution is 9.10. The summed E-state index contributed by atoms with van der Waals surface area (Å²) in [5, 5.41) is 0. The van der Waals surface area contributed by atoms with Crippen molar-refractivity contribution in [3.63, 3.8) is 0 Å². The molecule has 0 aliphatic carbocycles. The van der Waals surface area contributed by atoms with Gasteiger partial charge in [-0.25, -0.2) is 4.98 Å². The minimum atomic E-state index is 0.230. The van der Waals surface area contributed by atoms with Crippen molar-refractivity contribution >= 4 is 15.9 Å². The van der Waals surface area contributed by atoms with Gasteiger partial charge < -0.3 is 15.0 Å². The Morgan fingerprint density at radius 1 is 1.37 bits per heavy atom. The molecule has 1 aliphatic heterocycles. The molecule has 0 amide bonds. The van der Waals surface area contributed by atoms with Crippen LogP contribution in [0.15, 0.2) is 29.0 Å². The van der Waals surface area contributed by atoms with Gasteiger partial charge in [-0.05, 0) is 46.6 Å². The first kappa shape index (κ1) is 12.7. The summed E-state index contributed by atoms with van der Waals surface area (Å²) >= 11 is 3.53. The number of ether oxygens (including phenoxy) is 1. The number of fused-ring (bicyclic) bond motifs is 1. The second-order valence-corrected chi connectivity index (χ2v) is 5.52. The third kappa shape index (κ3) is 2.28. The van der Waals surface area contributed by atoms with E-state index in [1.807, 2.05) is 24.3 Å². The number of nitrogens with zero attached hydrogens (tertiary/aromatic N) is 2. The molecule has 0 spiro atoms. The van der Waals surface area contributed by atoms with Crippen LogP contribution >= 0.6 is 15.9 Å². The second kappa shape index (κ2) is 4.98. The maximum Gasteiger partial charge on any atom is 0.177 e. The second-order valence-electron chi connectivity index (χ2n) is 4.81. The Morgan fingerprint density at radius 3 is 2.79 bits per heavy atom. The van der Waals surface area contributed by atoms with E-state index in [0.717, 1.165) is 41.1 Å². The fraction of sp³-hybridized carbons (Fsp3) is 0.357. The zero-order chi connectivity index (χ0) is 13.4. The molecule has 1 unspecified atom stereocenters. The first-order chi connectivity index (χ1) is 9.19. The molecular weight excluding hydrogens is 306 g/mol. The van der Waals surface area contributed by atoms with E-state index in [-0.39, 0.29) is 6.04 Å². The monoisotopic (exact) mass is 321 g/mol. The van der Waals surface area contributed by atoms with E-state index in [4.69, 9.17) is 10.5 Å². The van der Waals surface area contributed by atoms with Gasteiger partial charge in [-0.15, -0.1) is 0 Å². The fourth-order valence-corrected chi connectivity index (χ4v) is 3.08. The Balaban J connectivity index is 2.04. The molecule has 4 nitrogen and oxygen atoms in total. The van der Waals surface area contributed by atoms with Crippen LogP contribution in [-0.2, 0) is 13.0 Å². The van der Waals surface area contributed by atoms with Crippen LogP contribution in [0.4, 0.5) is 0 Å². The van der Waals surface area contributed by atoms with Gasteiger partial charge in [-0.3, -0.25) is 0 Å². The van der Waals surface area contributed by atoms with Crippen LogP contribution in [0.1, 0.15) is 12.1 Å². The zero-order valence-corrected chi connectivity index (χ0v) is 12.4. The quantitative estimate of drug-likeness (QED) is 0.925. The predicted octanol–water partition coefficient (Wildman–Crippen LogP) is 2.59. The molecule has 0 bridgehead atoms.